The van der Waals surface area contributed by atoms with Crippen molar-refractivity contribution in [2.24, 2.45) is 0 Å². The van der Waals surface area contributed by atoms with Crippen LogP contribution in [-0.2, 0) is 6.42 Å². The van der Waals surface area contributed by atoms with E-state index in [0.29, 0.717) is 6.04 Å². The molecule has 4 heteroatoms. The number of carbonyl (C=O) groups excluding carboxylic acids is 1. The van der Waals surface area contributed by atoms with Crippen LogP contribution in [0.3, 0.4) is 0 Å². The molecule has 0 saturated carbocycles. The quantitative estimate of drug-likeness (QED) is 0.729. The van der Waals surface area contributed by atoms with E-state index in [9.17, 15) is 4.79 Å². The number of fused-ring (bicyclic) bond motifs is 1. The summed E-state index contributed by atoms with van der Waals surface area (Å²) in [7, 11) is 0. The van der Waals surface area contributed by atoms with Crippen molar-refractivity contribution >= 4 is 28.8 Å². The SMILES string of the molecule is CC(C)N1CCc2ccn(I)c2C1=O. The number of amides is 1. The highest BCUT2D eigenvalue weighted by atomic mass is 127. The molecule has 76 valence electrons. The van der Waals surface area contributed by atoms with Gasteiger partial charge in [0, 0.05) is 18.8 Å². The molecule has 0 unspecified atom stereocenters. The predicted octanol–water partition coefficient (Wildman–Crippen LogP) is 2.09. The summed E-state index contributed by atoms with van der Waals surface area (Å²) in [5.74, 6) is 0.167. The molecule has 0 atom stereocenters. The van der Waals surface area contributed by atoms with Crippen molar-refractivity contribution in [1.29, 1.82) is 0 Å². The minimum Gasteiger partial charge on any atom is -0.335 e. The lowest BCUT2D eigenvalue weighted by molar-refractivity contribution is 0.0682. The van der Waals surface area contributed by atoms with Crippen molar-refractivity contribution in [2.45, 2.75) is 26.3 Å². The van der Waals surface area contributed by atoms with Crippen LogP contribution in [0, 0.1) is 0 Å². The first-order valence-corrected chi connectivity index (χ1v) is 5.75. The van der Waals surface area contributed by atoms with E-state index in [-0.39, 0.29) is 5.91 Å². The Hall–Kier alpha value is -0.520. The topological polar surface area (TPSA) is 25.2 Å². The number of carbonyl (C=O) groups is 1. The molecule has 1 aliphatic rings. The van der Waals surface area contributed by atoms with E-state index in [0.717, 1.165) is 18.7 Å². The summed E-state index contributed by atoms with van der Waals surface area (Å²) in [4.78, 5) is 14.0. The van der Waals surface area contributed by atoms with Crippen LogP contribution in [0.5, 0.6) is 0 Å². The second-order valence-corrected chi connectivity index (χ2v) is 4.88. The van der Waals surface area contributed by atoms with Gasteiger partial charge in [0.25, 0.3) is 5.91 Å². The third kappa shape index (κ3) is 1.45. The van der Waals surface area contributed by atoms with Crippen LogP contribution < -0.4 is 0 Å². The molecule has 1 amide bonds. The van der Waals surface area contributed by atoms with Gasteiger partial charge in [0.1, 0.15) is 5.69 Å². The van der Waals surface area contributed by atoms with Gasteiger partial charge in [-0.15, -0.1) is 0 Å². The fourth-order valence-corrected chi connectivity index (χ4v) is 2.52. The van der Waals surface area contributed by atoms with Gasteiger partial charge in [0.15, 0.2) is 0 Å². The van der Waals surface area contributed by atoms with Gasteiger partial charge in [-0.3, -0.25) is 7.58 Å². The van der Waals surface area contributed by atoms with E-state index in [4.69, 9.17) is 0 Å². The first-order chi connectivity index (χ1) is 6.61. The average Bonchev–Trinajstić information content (AvgIpc) is 2.48. The second kappa shape index (κ2) is 3.56. The Morgan fingerprint density at radius 2 is 2.21 bits per heavy atom. The van der Waals surface area contributed by atoms with Gasteiger partial charge in [-0.1, -0.05) is 0 Å². The Morgan fingerprint density at radius 3 is 2.86 bits per heavy atom. The van der Waals surface area contributed by atoms with E-state index in [1.165, 1.54) is 5.56 Å². The normalized spacial score (nSPS) is 16.3. The van der Waals surface area contributed by atoms with Gasteiger partial charge in [0.05, 0.1) is 22.9 Å². The molecule has 0 aliphatic carbocycles. The summed E-state index contributed by atoms with van der Waals surface area (Å²) < 4.78 is 1.89. The molecule has 0 saturated heterocycles. The Balaban J connectivity index is 2.40. The van der Waals surface area contributed by atoms with E-state index in [1.807, 2.05) is 19.9 Å². The highest BCUT2D eigenvalue weighted by molar-refractivity contribution is 14.1. The maximum atomic E-state index is 12.0. The smallest absolute Gasteiger partial charge is 0.271 e. The molecule has 1 aliphatic heterocycles. The van der Waals surface area contributed by atoms with E-state index < -0.39 is 0 Å². The van der Waals surface area contributed by atoms with E-state index in [1.54, 1.807) is 0 Å². The Labute approximate surface area is 97.6 Å². The third-order valence-corrected chi connectivity index (χ3v) is 3.44. The molecule has 14 heavy (non-hydrogen) atoms. The van der Waals surface area contributed by atoms with Crippen LogP contribution in [0.4, 0.5) is 0 Å². The van der Waals surface area contributed by atoms with Crippen LogP contribution in [-0.4, -0.2) is 26.2 Å². The molecule has 0 bridgehead atoms. The van der Waals surface area contributed by atoms with Gasteiger partial charge in [-0.25, -0.2) is 0 Å². The Bertz CT molecular complexity index is 370. The van der Waals surface area contributed by atoms with Crippen LogP contribution in [0.15, 0.2) is 12.3 Å². The summed E-state index contributed by atoms with van der Waals surface area (Å²) >= 11 is 2.16. The minimum atomic E-state index is 0.167. The Kier molecular flexibility index (Phi) is 2.55. The number of nitrogens with zero attached hydrogens (tertiary/aromatic N) is 2. The molecule has 3 nitrogen and oxygen atoms in total. The number of aromatic nitrogens is 1. The maximum absolute atomic E-state index is 12.0. The zero-order valence-electron chi connectivity index (χ0n) is 8.33. The van der Waals surface area contributed by atoms with Gasteiger partial charge in [0.2, 0.25) is 0 Å². The molecule has 0 radical (unpaired) electrons. The molecule has 0 N–H and O–H groups in total. The first-order valence-electron chi connectivity index (χ1n) is 4.78. The van der Waals surface area contributed by atoms with Crippen molar-refractivity contribution in [3.63, 3.8) is 0 Å². The Morgan fingerprint density at radius 1 is 1.50 bits per heavy atom. The standard InChI is InChI=1S/C10H13IN2O/c1-7(2)12-5-3-8-4-6-13(11)9(8)10(12)14/h4,6-7H,3,5H2,1-2H3. The van der Waals surface area contributed by atoms with Gasteiger partial charge >= 0.3 is 0 Å². The van der Waals surface area contributed by atoms with Crippen LogP contribution in [0.1, 0.15) is 29.9 Å². The number of rotatable bonds is 1. The molecule has 0 fully saturated rings. The summed E-state index contributed by atoms with van der Waals surface area (Å²) in [5, 5.41) is 0. The molecular formula is C10H13IN2O. The highest BCUT2D eigenvalue weighted by Crippen LogP contribution is 2.23. The number of hydrogen-bond acceptors (Lipinski definition) is 1. The minimum absolute atomic E-state index is 0.167. The van der Waals surface area contributed by atoms with Crippen LogP contribution in [0.25, 0.3) is 0 Å². The van der Waals surface area contributed by atoms with Gasteiger partial charge in [-0.2, -0.15) is 0 Å². The van der Waals surface area contributed by atoms with Crippen LogP contribution in [0.2, 0.25) is 0 Å². The predicted molar refractivity (Wildman–Crippen MR) is 63.7 cm³/mol. The van der Waals surface area contributed by atoms with E-state index >= 15 is 0 Å². The number of halogens is 1. The summed E-state index contributed by atoms with van der Waals surface area (Å²) in [6, 6.07) is 2.33. The van der Waals surface area contributed by atoms with Crippen molar-refractivity contribution in [3.8, 4) is 0 Å². The van der Waals surface area contributed by atoms with Crippen molar-refractivity contribution in [1.82, 2.24) is 7.68 Å². The molecule has 1 aromatic heterocycles. The van der Waals surface area contributed by atoms with Gasteiger partial charge < -0.3 is 4.90 Å². The molecule has 2 rings (SSSR count). The zero-order chi connectivity index (χ0) is 10.3. The highest BCUT2D eigenvalue weighted by Gasteiger charge is 2.28. The largest absolute Gasteiger partial charge is 0.335 e. The lowest BCUT2D eigenvalue weighted by Gasteiger charge is -2.30. The van der Waals surface area contributed by atoms with Crippen molar-refractivity contribution in [3.05, 3.63) is 23.5 Å². The van der Waals surface area contributed by atoms with E-state index in [2.05, 4.69) is 36.7 Å². The summed E-state index contributed by atoms with van der Waals surface area (Å²) in [6.07, 6.45) is 2.93. The van der Waals surface area contributed by atoms with Crippen molar-refractivity contribution in [2.75, 3.05) is 6.54 Å². The van der Waals surface area contributed by atoms with Crippen molar-refractivity contribution < 1.29 is 4.79 Å². The molecular weight excluding hydrogens is 291 g/mol. The first kappa shape index (κ1) is 10.0. The summed E-state index contributed by atoms with van der Waals surface area (Å²) in [5.41, 5.74) is 2.03. The molecule has 2 heterocycles. The lowest BCUT2D eigenvalue weighted by atomic mass is 10.1. The second-order valence-electron chi connectivity index (χ2n) is 3.84. The zero-order valence-corrected chi connectivity index (χ0v) is 10.5. The molecule has 1 aromatic rings. The fourth-order valence-electron chi connectivity index (χ4n) is 1.85. The number of hydrogen-bond donors (Lipinski definition) is 0. The molecule has 0 aromatic carbocycles. The summed E-state index contributed by atoms with van der Waals surface area (Å²) in [6.45, 7) is 4.97. The molecule has 0 spiro atoms. The fraction of sp³-hybridized carbons (Fsp3) is 0.500. The maximum Gasteiger partial charge on any atom is 0.271 e. The van der Waals surface area contributed by atoms with Crippen LogP contribution >= 0.6 is 22.9 Å². The van der Waals surface area contributed by atoms with Gasteiger partial charge in [-0.05, 0) is 31.9 Å². The lowest BCUT2D eigenvalue weighted by Crippen LogP contribution is -2.42. The third-order valence-electron chi connectivity index (χ3n) is 2.63. The monoisotopic (exact) mass is 304 g/mol. The average molecular weight is 304 g/mol.